The second-order valence-corrected chi connectivity index (χ2v) is 6.85. The molecule has 0 aliphatic carbocycles. The quantitative estimate of drug-likeness (QED) is 0.892. The van der Waals surface area contributed by atoms with Crippen molar-refractivity contribution in [3.8, 4) is 0 Å². The highest BCUT2D eigenvalue weighted by atomic mass is 35.5. The molecule has 0 unspecified atom stereocenters. The van der Waals surface area contributed by atoms with Crippen molar-refractivity contribution in [2.75, 3.05) is 19.6 Å². The molecule has 1 aromatic carbocycles. The van der Waals surface area contributed by atoms with E-state index in [9.17, 15) is 9.18 Å². The van der Waals surface area contributed by atoms with Gasteiger partial charge in [0.05, 0.1) is 5.41 Å². The number of carbonyl (C=O) groups is 1. The molecule has 0 saturated carbocycles. The van der Waals surface area contributed by atoms with Gasteiger partial charge < -0.3 is 10.6 Å². The first kappa shape index (κ1) is 18.9. The van der Waals surface area contributed by atoms with Crippen LogP contribution in [0.3, 0.4) is 0 Å². The van der Waals surface area contributed by atoms with Gasteiger partial charge in [-0.15, -0.1) is 12.4 Å². The molecule has 1 fully saturated rings. The van der Waals surface area contributed by atoms with E-state index in [1.807, 2.05) is 0 Å². The summed E-state index contributed by atoms with van der Waals surface area (Å²) in [6, 6.07) is 6.49. The molecule has 1 aliphatic rings. The third-order valence-corrected chi connectivity index (χ3v) is 4.60. The maximum absolute atomic E-state index is 13.9. The first-order valence-corrected chi connectivity index (χ1v) is 7.59. The standard InChI is InChI=1S/C17H25FN2O.ClH/c1-16(2,13-6-4-5-7-14(13)18)15(21)20-12-17(3)8-10-19-11-9-17;/h4-7,19H,8-12H2,1-3H3,(H,20,21);1H. The van der Waals surface area contributed by atoms with Crippen LogP contribution in [-0.4, -0.2) is 25.5 Å². The molecule has 2 rings (SSSR count). The maximum atomic E-state index is 13.9. The summed E-state index contributed by atoms with van der Waals surface area (Å²) in [4.78, 5) is 12.5. The Morgan fingerprint density at radius 3 is 2.50 bits per heavy atom. The average Bonchev–Trinajstić information content (AvgIpc) is 2.46. The van der Waals surface area contributed by atoms with Gasteiger partial charge in [0.1, 0.15) is 5.82 Å². The van der Waals surface area contributed by atoms with Gasteiger partial charge in [0.15, 0.2) is 0 Å². The molecule has 1 amide bonds. The highest BCUT2D eigenvalue weighted by Gasteiger charge is 2.34. The Kier molecular flexibility index (Phi) is 6.38. The van der Waals surface area contributed by atoms with E-state index >= 15 is 0 Å². The fraction of sp³-hybridized carbons (Fsp3) is 0.588. The Morgan fingerprint density at radius 1 is 1.32 bits per heavy atom. The van der Waals surface area contributed by atoms with Crippen molar-refractivity contribution < 1.29 is 9.18 Å². The summed E-state index contributed by atoms with van der Waals surface area (Å²) >= 11 is 0. The molecule has 1 aliphatic heterocycles. The lowest BCUT2D eigenvalue weighted by atomic mass is 9.79. The summed E-state index contributed by atoms with van der Waals surface area (Å²) in [6.07, 6.45) is 2.10. The first-order valence-electron chi connectivity index (χ1n) is 7.59. The van der Waals surface area contributed by atoms with Gasteiger partial charge >= 0.3 is 0 Å². The zero-order valence-corrected chi connectivity index (χ0v) is 14.4. The van der Waals surface area contributed by atoms with Crippen molar-refractivity contribution in [3.63, 3.8) is 0 Å². The number of rotatable bonds is 4. The van der Waals surface area contributed by atoms with E-state index in [0.29, 0.717) is 12.1 Å². The third kappa shape index (κ3) is 4.20. The summed E-state index contributed by atoms with van der Waals surface area (Å²) in [7, 11) is 0. The number of nitrogens with one attached hydrogen (secondary N) is 2. The zero-order valence-electron chi connectivity index (χ0n) is 13.5. The molecule has 1 heterocycles. The molecule has 3 nitrogen and oxygen atoms in total. The normalized spacial score (nSPS) is 17.5. The largest absolute Gasteiger partial charge is 0.355 e. The van der Waals surface area contributed by atoms with Crippen molar-refractivity contribution in [1.82, 2.24) is 10.6 Å². The molecule has 0 radical (unpaired) electrons. The number of halogens is 2. The van der Waals surface area contributed by atoms with Gasteiger partial charge in [-0.2, -0.15) is 0 Å². The van der Waals surface area contributed by atoms with E-state index in [1.54, 1.807) is 32.0 Å². The van der Waals surface area contributed by atoms with E-state index in [-0.39, 0.29) is 29.5 Å². The Balaban J connectivity index is 0.00000242. The zero-order chi connectivity index (χ0) is 15.5. The maximum Gasteiger partial charge on any atom is 0.230 e. The van der Waals surface area contributed by atoms with Gasteiger partial charge in [-0.05, 0) is 51.3 Å². The van der Waals surface area contributed by atoms with Crippen LogP contribution >= 0.6 is 12.4 Å². The number of hydrogen-bond donors (Lipinski definition) is 2. The van der Waals surface area contributed by atoms with Crippen LogP contribution in [0, 0.1) is 11.2 Å². The fourth-order valence-corrected chi connectivity index (χ4v) is 2.81. The molecule has 5 heteroatoms. The lowest BCUT2D eigenvalue weighted by Crippen LogP contribution is -2.47. The first-order chi connectivity index (χ1) is 9.85. The highest BCUT2D eigenvalue weighted by Crippen LogP contribution is 2.29. The minimum absolute atomic E-state index is 0. The third-order valence-electron chi connectivity index (χ3n) is 4.60. The van der Waals surface area contributed by atoms with Gasteiger partial charge in [-0.1, -0.05) is 25.1 Å². The van der Waals surface area contributed by atoms with Crippen LogP contribution in [0.15, 0.2) is 24.3 Å². The second-order valence-electron chi connectivity index (χ2n) is 6.85. The predicted octanol–water partition coefficient (Wildman–Crippen LogP) is 3.03. The van der Waals surface area contributed by atoms with Crippen LogP contribution < -0.4 is 10.6 Å². The van der Waals surface area contributed by atoms with Crippen LogP contribution in [0.4, 0.5) is 4.39 Å². The lowest BCUT2D eigenvalue weighted by molar-refractivity contribution is -0.126. The minimum atomic E-state index is -0.866. The van der Waals surface area contributed by atoms with Crippen LogP contribution in [-0.2, 0) is 10.2 Å². The van der Waals surface area contributed by atoms with E-state index in [4.69, 9.17) is 0 Å². The number of benzene rings is 1. The summed E-state index contributed by atoms with van der Waals surface area (Å²) in [5.41, 5.74) is -0.293. The van der Waals surface area contributed by atoms with Crippen LogP contribution in [0.5, 0.6) is 0 Å². The van der Waals surface area contributed by atoms with E-state index in [2.05, 4.69) is 17.6 Å². The minimum Gasteiger partial charge on any atom is -0.355 e. The second kappa shape index (κ2) is 7.42. The van der Waals surface area contributed by atoms with E-state index in [1.165, 1.54) is 6.07 Å². The SMILES string of the molecule is CC1(CNC(=O)C(C)(C)c2ccccc2F)CCNCC1.Cl. The van der Waals surface area contributed by atoms with Gasteiger partial charge in [-0.25, -0.2) is 4.39 Å². The highest BCUT2D eigenvalue weighted by molar-refractivity contribution is 5.87. The van der Waals surface area contributed by atoms with Crippen molar-refractivity contribution in [3.05, 3.63) is 35.6 Å². The number of hydrogen-bond acceptors (Lipinski definition) is 2. The topological polar surface area (TPSA) is 41.1 Å². The molecule has 0 bridgehead atoms. The van der Waals surface area contributed by atoms with Crippen LogP contribution in [0.2, 0.25) is 0 Å². The molecular weight excluding hydrogens is 303 g/mol. The monoisotopic (exact) mass is 328 g/mol. The van der Waals surface area contributed by atoms with Crippen LogP contribution in [0.1, 0.15) is 39.2 Å². The van der Waals surface area contributed by atoms with Gasteiger partial charge in [0.2, 0.25) is 5.91 Å². The fourth-order valence-electron chi connectivity index (χ4n) is 2.81. The van der Waals surface area contributed by atoms with E-state index in [0.717, 1.165) is 25.9 Å². The average molecular weight is 329 g/mol. The molecule has 22 heavy (non-hydrogen) atoms. The molecule has 1 aromatic rings. The Labute approximate surface area is 138 Å². The Bertz CT molecular complexity index is 513. The predicted molar refractivity (Wildman–Crippen MR) is 89.9 cm³/mol. The molecule has 0 aromatic heterocycles. The number of piperidine rings is 1. The Morgan fingerprint density at radius 2 is 1.91 bits per heavy atom. The van der Waals surface area contributed by atoms with Gasteiger partial charge in [0.25, 0.3) is 0 Å². The van der Waals surface area contributed by atoms with Crippen LogP contribution in [0.25, 0.3) is 0 Å². The van der Waals surface area contributed by atoms with E-state index < -0.39 is 5.41 Å². The van der Waals surface area contributed by atoms with Crippen molar-refractivity contribution in [1.29, 1.82) is 0 Å². The summed E-state index contributed by atoms with van der Waals surface area (Å²) in [6.45, 7) is 8.36. The summed E-state index contributed by atoms with van der Waals surface area (Å²) in [5, 5.41) is 6.35. The van der Waals surface area contributed by atoms with Crippen molar-refractivity contribution in [2.45, 2.75) is 39.0 Å². The van der Waals surface area contributed by atoms with Gasteiger partial charge in [0, 0.05) is 12.1 Å². The summed E-state index contributed by atoms with van der Waals surface area (Å²) in [5.74, 6) is -0.446. The number of carbonyl (C=O) groups excluding carboxylic acids is 1. The van der Waals surface area contributed by atoms with Crippen molar-refractivity contribution >= 4 is 18.3 Å². The molecule has 0 atom stereocenters. The van der Waals surface area contributed by atoms with Gasteiger partial charge in [-0.3, -0.25) is 4.79 Å². The van der Waals surface area contributed by atoms with Crippen molar-refractivity contribution in [2.24, 2.45) is 5.41 Å². The Hall–Kier alpha value is -1.13. The number of amides is 1. The lowest BCUT2D eigenvalue weighted by Gasteiger charge is -2.35. The molecule has 2 N–H and O–H groups in total. The molecular formula is C17H26ClFN2O. The smallest absolute Gasteiger partial charge is 0.230 e. The molecule has 1 saturated heterocycles. The molecule has 124 valence electrons. The molecule has 0 spiro atoms. The summed E-state index contributed by atoms with van der Waals surface area (Å²) < 4.78 is 13.9.